The first-order valence-electron chi connectivity index (χ1n) is 3.35. The van der Waals surface area contributed by atoms with Gasteiger partial charge >= 0.3 is 0 Å². The van der Waals surface area contributed by atoms with Gasteiger partial charge in [0.1, 0.15) is 0 Å². The average molecular weight is 200 g/mol. The van der Waals surface area contributed by atoms with Crippen molar-refractivity contribution >= 4 is 38.7 Å². The van der Waals surface area contributed by atoms with E-state index < -0.39 is 0 Å². The number of benzene rings is 1. The van der Waals surface area contributed by atoms with Crippen LogP contribution in [0.3, 0.4) is 0 Å². The highest BCUT2D eigenvalue weighted by Crippen LogP contribution is 2.37. The van der Waals surface area contributed by atoms with Crippen LogP contribution >= 0.6 is 22.9 Å². The number of halogens is 1. The van der Waals surface area contributed by atoms with Crippen LogP contribution in [0.2, 0.25) is 5.02 Å². The molecular formula is C8H6ClNOS. The van der Waals surface area contributed by atoms with Crippen LogP contribution in [0.15, 0.2) is 18.2 Å². The third-order valence-corrected chi connectivity index (χ3v) is 2.91. The zero-order valence-corrected chi connectivity index (χ0v) is 7.62. The second-order valence-corrected chi connectivity index (χ2v) is 3.93. The van der Waals surface area contributed by atoms with E-state index in [4.69, 9.17) is 17.3 Å². The van der Waals surface area contributed by atoms with E-state index in [0.717, 1.165) is 10.1 Å². The highest BCUT2D eigenvalue weighted by Gasteiger charge is 2.05. The fourth-order valence-electron chi connectivity index (χ4n) is 1.09. The fraction of sp³-hybridized carbons (Fsp3) is 0. The second kappa shape index (κ2) is 2.54. The van der Waals surface area contributed by atoms with Crippen LogP contribution in [-0.4, -0.2) is 5.11 Å². The van der Waals surface area contributed by atoms with Crippen LogP contribution in [0.25, 0.3) is 10.1 Å². The molecule has 1 aromatic heterocycles. The molecule has 2 nitrogen and oxygen atoms in total. The molecule has 0 saturated heterocycles. The summed E-state index contributed by atoms with van der Waals surface area (Å²) in [7, 11) is 0. The number of hydrogen-bond acceptors (Lipinski definition) is 3. The van der Waals surface area contributed by atoms with E-state index in [1.54, 1.807) is 12.1 Å². The Morgan fingerprint density at radius 1 is 1.42 bits per heavy atom. The molecule has 0 aliphatic rings. The van der Waals surface area contributed by atoms with E-state index in [-0.39, 0.29) is 5.06 Å². The molecule has 0 radical (unpaired) electrons. The lowest BCUT2D eigenvalue weighted by atomic mass is 10.2. The van der Waals surface area contributed by atoms with Gasteiger partial charge in [-0.1, -0.05) is 22.9 Å². The van der Waals surface area contributed by atoms with Gasteiger partial charge in [-0.15, -0.1) is 0 Å². The Morgan fingerprint density at radius 2 is 2.17 bits per heavy atom. The van der Waals surface area contributed by atoms with Crippen LogP contribution in [0.4, 0.5) is 5.69 Å². The fourth-order valence-corrected chi connectivity index (χ4v) is 2.08. The third kappa shape index (κ3) is 1.02. The molecule has 0 spiro atoms. The van der Waals surface area contributed by atoms with Crippen molar-refractivity contribution in [2.45, 2.75) is 0 Å². The molecular weight excluding hydrogens is 194 g/mol. The Hall–Kier alpha value is -0.930. The lowest BCUT2D eigenvalue weighted by Gasteiger charge is -1.97. The normalized spacial score (nSPS) is 10.8. The van der Waals surface area contributed by atoms with Gasteiger partial charge in [-0.3, -0.25) is 0 Å². The number of thiophene rings is 1. The second-order valence-electron chi connectivity index (χ2n) is 2.46. The van der Waals surface area contributed by atoms with Gasteiger partial charge in [0.25, 0.3) is 0 Å². The van der Waals surface area contributed by atoms with Crippen molar-refractivity contribution in [2.75, 3.05) is 5.73 Å². The largest absolute Gasteiger partial charge is 0.499 e. The van der Waals surface area contributed by atoms with Crippen molar-refractivity contribution in [3.05, 3.63) is 23.2 Å². The maximum Gasteiger partial charge on any atom is 0.172 e. The number of nitrogens with two attached hydrogens (primary N) is 1. The summed E-state index contributed by atoms with van der Waals surface area (Å²) in [6.45, 7) is 0. The predicted octanol–water partition coefficient (Wildman–Crippen LogP) is 2.84. The van der Waals surface area contributed by atoms with Crippen molar-refractivity contribution in [3.8, 4) is 5.06 Å². The molecule has 0 aliphatic heterocycles. The van der Waals surface area contributed by atoms with E-state index in [9.17, 15) is 5.11 Å². The van der Waals surface area contributed by atoms with Gasteiger partial charge in [0, 0.05) is 16.2 Å². The van der Waals surface area contributed by atoms with Crippen LogP contribution in [0.5, 0.6) is 5.06 Å². The Balaban J connectivity index is 2.89. The van der Waals surface area contributed by atoms with Crippen molar-refractivity contribution < 1.29 is 5.11 Å². The van der Waals surface area contributed by atoms with E-state index in [1.165, 1.54) is 11.3 Å². The number of nitrogen functional groups attached to an aromatic ring is 1. The van der Waals surface area contributed by atoms with Crippen LogP contribution < -0.4 is 5.73 Å². The van der Waals surface area contributed by atoms with Gasteiger partial charge in [0.15, 0.2) is 5.06 Å². The highest BCUT2D eigenvalue weighted by molar-refractivity contribution is 7.20. The average Bonchev–Trinajstić information content (AvgIpc) is 2.39. The summed E-state index contributed by atoms with van der Waals surface area (Å²) in [5, 5.41) is 10.8. The number of hydrogen-bond donors (Lipinski definition) is 2. The molecule has 1 heterocycles. The molecule has 62 valence electrons. The summed E-state index contributed by atoms with van der Waals surface area (Å²) in [5.74, 6) is 0. The van der Waals surface area contributed by atoms with Crippen LogP contribution in [-0.2, 0) is 0 Å². The molecule has 0 amide bonds. The molecule has 12 heavy (non-hydrogen) atoms. The predicted molar refractivity (Wildman–Crippen MR) is 52.9 cm³/mol. The van der Waals surface area contributed by atoms with E-state index in [0.29, 0.717) is 10.7 Å². The number of rotatable bonds is 0. The van der Waals surface area contributed by atoms with E-state index in [2.05, 4.69) is 0 Å². The number of anilines is 1. The summed E-state index contributed by atoms with van der Waals surface area (Å²) in [4.78, 5) is 0. The van der Waals surface area contributed by atoms with Gasteiger partial charge in [0.2, 0.25) is 0 Å². The van der Waals surface area contributed by atoms with Gasteiger partial charge in [-0.25, -0.2) is 0 Å². The maximum atomic E-state index is 9.19. The van der Waals surface area contributed by atoms with Gasteiger partial charge < -0.3 is 10.8 Å². The molecule has 0 saturated carbocycles. The van der Waals surface area contributed by atoms with Gasteiger partial charge in [0.05, 0.1) is 10.7 Å². The molecule has 3 N–H and O–H groups in total. The summed E-state index contributed by atoms with van der Waals surface area (Å²) in [6, 6.07) is 5.20. The quantitative estimate of drug-likeness (QED) is 0.641. The first kappa shape index (κ1) is 7.71. The van der Waals surface area contributed by atoms with E-state index in [1.807, 2.05) is 6.07 Å². The molecule has 2 aromatic rings. The SMILES string of the molecule is Nc1c(Cl)ccc2sc(O)cc12. The summed E-state index contributed by atoms with van der Waals surface area (Å²) in [5.41, 5.74) is 6.23. The molecule has 2 rings (SSSR count). The molecule has 0 unspecified atom stereocenters. The maximum absolute atomic E-state index is 9.19. The number of fused-ring (bicyclic) bond motifs is 1. The smallest absolute Gasteiger partial charge is 0.172 e. The van der Waals surface area contributed by atoms with Crippen molar-refractivity contribution in [1.82, 2.24) is 0 Å². The minimum atomic E-state index is 0.263. The lowest BCUT2D eigenvalue weighted by Crippen LogP contribution is -1.85. The standard InChI is InChI=1S/C8H6ClNOS/c9-5-1-2-6-4(8(5)10)3-7(11)12-6/h1-3,11H,10H2. The summed E-state index contributed by atoms with van der Waals surface area (Å²) in [6.07, 6.45) is 0. The van der Waals surface area contributed by atoms with Crippen molar-refractivity contribution in [1.29, 1.82) is 0 Å². The van der Waals surface area contributed by atoms with Crippen LogP contribution in [0, 0.1) is 0 Å². The van der Waals surface area contributed by atoms with Crippen molar-refractivity contribution in [3.63, 3.8) is 0 Å². The minimum absolute atomic E-state index is 0.263. The topological polar surface area (TPSA) is 46.2 Å². The van der Waals surface area contributed by atoms with E-state index >= 15 is 0 Å². The molecule has 0 fully saturated rings. The molecule has 0 atom stereocenters. The minimum Gasteiger partial charge on any atom is -0.499 e. The highest BCUT2D eigenvalue weighted by atomic mass is 35.5. The number of aromatic hydroxyl groups is 1. The Labute approximate surface area is 78.2 Å². The molecule has 0 aliphatic carbocycles. The molecule has 0 bridgehead atoms. The van der Waals surface area contributed by atoms with Gasteiger partial charge in [-0.2, -0.15) is 0 Å². The molecule has 4 heteroatoms. The van der Waals surface area contributed by atoms with Crippen LogP contribution in [0.1, 0.15) is 0 Å². The Bertz CT molecular complexity index is 438. The van der Waals surface area contributed by atoms with Gasteiger partial charge in [-0.05, 0) is 12.1 Å². The summed E-state index contributed by atoms with van der Waals surface area (Å²) < 4.78 is 0.953. The first-order chi connectivity index (χ1) is 5.68. The summed E-state index contributed by atoms with van der Waals surface area (Å²) >= 11 is 7.09. The third-order valence-electron chi connectivity index (χ3n) is 1.68. The first-order valence-corrected chi connectivity index (χ1v) is 4.54. The monoisotopic (exact) mass is 199 g/mol. The lowest BCUT2D eigenvalue weighted by molar-refractivity contribution is 0.491. The Morgan fingerprint density at radius 3 is 2.92 bits per heavy atom. The molecule has 1 aromatic carbocycles. The Kier molecular flexibility index (Phi) is 1.63. The zero-order chi connectivity index (χ0) is 8.72. The zero-order valence-electron chi connectivity index (χ0n) is 6.04. The van der Waals surface area contributed by atoms with Crippen molar-refractivity contribution in [2.24, 2.45) is 0 Å².